The van der Waals surface area contributed by atoms with Crippen molar-refractivity contribution < 1.29 is 23.9 Å². The molecule has 0 aromatic heterocycles. The molecule has 1 N–H and O–H groups in total. The van der Waals surface area contributed by atoms with Gasteiger partial charge >= 0.3 is 11.9 Å². The zero-order chi connectivity index (χ0) is 11.4. The van der Waals surface area contributed by atoms with Gasteiger partial charge in [0.15, 0.2) is 6.10 Å². The van der Waals surface area contributed by atoms with Gasteiger partial charge in [0.2, 0.25) is 0 Å². The zero-order valence-electron chi connectivity index (χ0n) is 9.11. The predicted octanol–water partition coefficient (Wildman–Crippen LogP) is 0.0990. The molecular weight excluding hydrogens is 185 g/mol. The molecule has 0 aromatic carbocycles. The molecule has 0 fully saturated rings. The van der Waals surface area contributed by atoms with Crippen LogP contribution in [0.1, 0.15) is 13.3 Å². The number of carboxylic acid groups (broad SMARTS) is 1. The fourth-order valence-corrected chi connectivity index (χ4v) is 1.18. The molecule has 1 atom stereocenters. The summed E-state index contributed by atoms with van der Waals surface area (Å²) in [5.74, 6) is -1.39. The molecule has 0 aliphatic rings. The lowest BCUT2D eigenvalue weighted by Crippen LogP contribution is -2.43. The maximum atomic E-state index is 10.7. The summed E-state index contributed by atoms with van der Waals surface area (Å²) in [6.45, 7) is 1.77. The van der Waals surface area contributed by atoms with Crippen LogP contribution in [0.4, 0.5) is 0 Å². The molecule has 14 heavy (non-hydrogen) atoms. The van der Waals surface area contributed by atoms with Crippen LogP contribution in [-0.4, -0.2) is 55.3 Å². The molecule has 1 unspecified atom stereocenters. The van der Waals surface area contributed by atoms with Crippen molar-refractivity contribution >= 4 is 11.9 Å². The first-order valence-corrected chi connectivity index (χ1v) is 4.40. The summed E-state index contributed by atoms with van der Waals surface area (Å²) < 4.78 is 5.46. The van der Waals surface area contributed by atoms with E-state index in [1.807, 2.05) is 21.1 Å². The normalized spacial score (nSPS) is 13.4. The Bertz CT molecular complexity index is 203. The lowest BCUT2D eigenvalue weighted by molar-refractivity contribution is -0.873. The van der Waals surface area contributed by atoms with Gasteiger partial charge in [-0.25, -0.2) is 0 Å². The van der Waals surface area contributed by atoms with Crippen LogP contribution in [0.3, 0.4) is 0 Å². The fourth-order valence-electron chi connectivity index (χ4n) is 1.18. The van der Waals surface area contributed by atoms with E-state index in [4.69, 9.17) is 9.84 Å². The van der Waals surface area contributed by atoms with Crippen molar-refractivity contribution in [3.05, 3.63) is 0 Å². The van der Waals surface area contributed by atoms with E-state index in [1.165, 1.54) is 6.92 Å². The maximum Gasteiger partial charge on any atom is 0.307 e. The second-order valence-corrected chi connectivity index (χ2v) is 4.30. The van der Waals surface area contributed by atoms with Crippen LogP contribution in [-0.2, 0) is 14.3 Å². The minimum absolute atomic E-state index is 0.144. The Balaban J connectivity index is 4.24. The molecule has 0 spiro atoms. The van der Waals surface area contributed by atoms with Crippen LogP contribution in [0.2, 0.25) is 0 Å². The summed E-state index contributed by atoms with van der Waals surface area (Å²) in [6, 6.07) is 0. The lowest BCUT2D eigenvalue weighted by atomic mass is 10.2. The van der Waals surface area contributed by atoms with Crippen LogP contribution < -0.4 is 0 Å². The molecule has 0 aliphatic carbocycles. The van der Waals surface area contributed by atoms with E-state index >= 15 is 0 Å². The van der Waals surface area contributed by atoms with Crippen molar-refractivity contribution in [2.45, 2.75) is 19.4 Å². The number of rotatable bonds is 5. The standard InChI is InChI=1S/C9H17NO4/c1-7(11)14-8(5-9(12)13)6-10(2,3)4/h8H,5-6H2,1-4H3/p+1/i1-1. The van der Waals surface area contributed by atoms with Crippen molar-refractivity contribution in [2.24, 2.45) is 0 Å². The average Bonchev–Trinajstić information content (AvgIpc) is 1.77. The summed E-state index contributed by atoms with van der Waals surface area (Å²) in [7, 11) is 5.75. The van der Waals surface area contributed by atoms with Gasteiger partial charge in [-0.2, -0.15) is 0 Å². The largest absolute Gasteiger partial charge is 0.481 e. The molecule has 5 heteroatoms. The van der Waals surface area contributed by atoms with Gasteiger partial charge in [0.05, 0.1) is 27.6 Å². The van der Waals surface area contributed by atoms with Gasteiger partial charge in [0.25, 0.3) is 0 Å². The van der Waals surface area contributed by atoms with E-state index < -0.39 is 18.0 Å². The first-order valence-electron chi connectivity index (χ1n) is 4.40. The smallest absolute Gasteiger partial charge is 0.307 e. The van der Waals surface area contributed by atoms with E-state index in [0.29, 0.717) is 11.0 Å². The molecule has 0 bridgehead atoms. The molecule has 0 heterocycles. The first-order chi connectivity index (χ1) is 6.20. The van der Waals surface area contributed by atoms with Gasteiger partial charge in [0.1, 0.15) is 6.54 Å². The molecular formula is C9H18NO4+. The van der Waals surface area contributed by atoms with Crippen molar-refractivity contribution in [3.8, 4) is 0 Å². The maximum absolute atomic E-state index is 10.7. The molecule has 0 aromatic rings. The second-order valence-electron chi connectivity index (χ2n) is 4.30. The SMILES string of the molecule is C[N+](C)(C)CC(CC(=O)O)OC([11CH3])=O. The average molecular weight is 203 g/mol. The van der Waals surface area contributed by atoms with Crippen molar-refractivity contribution in [2.75, 3.05) is 27.7 Å². The van der Waals surface area contributed by atoms with Crippen LogP contribution >= 0.6 is 0 Å². The summed E-state index contributed by atoms with van der Waals surface area (Å²) in [6.07, 6.45) is -0.695. The zero-order valence-corrected chi connectivity index (χ0v) is 9.11. The van der Waals surface area contributed by atoms with E-state index in [1.54, 1.807) is 0 Å². The van der Waals surface area contributed by atoms with E-state index in [2.05, 4.69) is 0 Å². The van der Waals surface area contributed by atoms with Crippen molar-refractivity contribution in [1.82, 2.24) is 0 Å². The third-order valence-electron chi connectivity index (χ3n) is 1.49. The first kappa shape index (κ1) is 12.9. The molecule has 0 saturated heterocycles. The van der Waals surface area contributed by atoms with Gasteiger partial charge in [-0.05, 0) is 0 Å². The van der Waals surface area contributed by atoms with E-state index in [9.17, 15) is 9.59 Å². The number of carboxylic acids is 1. The van der Waals surface area contributed by atoms with Crippen LogP contribution in [0.5, 0.6) is 0 Å². The van der Waals surface area contributed by atoms with Gasteiger partial charge in [-0.1, -0.05) is 0 Å². The van der Waals surface area contributed by atoms with Crippen molar-refractivity contribution in [1.29, 1.82) is 0 Å². The Labute approximate surface area is 83.9 Å². The number of nitrogens with zero attached hydrogens (tertiary/aromatic N) is 1. The highest BCUT2D eigenvalue weighted by Gasteiger charge is 2.23. The molecule has 0 aliphatic heterocycles. The quantitative estimate of drug-likeness (QED) is 0.508. The highest BCUT2D eigenvalue weighted by Crippen LogP contribution is 2.04. The van der Waals surface area contributed by atoms with Crippen LogP contribution in [0.25, 0.3) is 0 Å². The van der Waals surface area contributed by atoms with E-state index in [-0.39, 0.29) is 6.42 Å². The van der Waals surface area contributed by atoms with Crippen LogP contribution in [0.15, 0.2) is 0 Å². The molecule has 0 amide bonds. The Hall–Kier alpha value is -1.10. The lowest BCUT2D eigenvalue weighted by Gasteiger charge is -2.28. The molecule has 82 valence electrons. The topological polar surface area (TPSA) is 63.6 Å². The third kappa shape index (κ3) is 7.54. The Morgan fingerprint density at radius 3 is 2.14 bits per heavy atom. The number of hydrogen-bond donors (Lipinski definition) is 1. The number of quaternary nitrogens is 1. The predicted molar refractivity (Wildman–Crippen MR) is 50.7 cm³/mol. The Kier molecular flexibility index (Phi) is 4.56. The fraction of sp³-hybridized carbons (Fsp3) is 0.778. The summed E-state index contributed by atoms with van der Waals surface area (Å²) in [4.78, 5) is 21.2. The highest BCUT2D eigenvalue weighted by atomic mass is 16.5. The van der Waals surface area contributed by atoms with Crippen molar-refractivity contribution in [3.63, 3.8) is 0 Å². The highest BCUT2D eigenvalue weighted by molar-refractivity contribution is 5.69. The molecule has 5 nitrogen and oxygen atoms in total. The minimum atomic E-state index is -0.954. The monoisotopic (exact) mass is 203 g/mol. The summed E-state index contributed by atoms with van der Waals surface area (Å²) >= 11 is 0. The molecule has 0 rings (SSSR count). The van der Waals surface area contributed by atoms with Gasteiger partial charge in [-0.15, -0.1) is 0 Å². The molecule has 0 saturated carbocycles. The van der Waals surface area contributed by atoms with Gasteiger partial charge in [0, 0.05) is 6.92 Å². The second kappa shape index (κ2) is 4.95. The Morgan fingerprint density at radius 1 is 1.36 bits per heavy atom. The number of ether oxygens (including phenoxy) is 1. The van der Waals surface area contributed by atoms with Gasteiger partial charge in [-0.3, -0.25) is 9.59 Å². The Morgan fingerprint density at radius 2 is 1.86 bits per heavy atom. The number of carbonyl (C=O) groups is 2. The minimum Gasteiger partial charge on any atom is -0.481 e. The van der Waals surface area contributed by atoms with Gasteiger partial charge < -0.3 is 14.3 Å². The summed E-state index contributed by atoms with van der Waals surface area (Å²) in [5.41, 5.74) is 0. The number of likely N-dealkylation sites (N-methyl/N-ethyl adjacent to an activating group) is 1. The van der Waals surface area contributed by atoms with E-state index in [0.717, 1.165) is 0 Å². The number of hydrogen-bond acceptors (Lipinski definition) is 3. The number of carbonyl (C=O) groups excluding carboxylic acids is 1. The summed E-state index contributed by atoms with van der Waals surface area (Å²) in [5, 5.41) is 8.60. The molecule has 0 radical (unpaired) electrons. The third-order valence-corrected chi connectivity index (χ3v) is 1.49. The number of esters is 1. The number of aliphatic carboxylic acids is 1. The van der Waals surface area contributed by atoms with Crippen LogP contribution in [0, 0.1) is 0 Å².